The van der Waals surface area contributed by atoms with Gasteiger partial charge >= 0.3 is 0 Å². The molecule has 1 aliphatic rings. The number of halogens is 1. The smallest absolute Gasteiger partial charge is 0.258 e. The van der Waals surface area contributed by atoms with Crippen LogP contribution in [0.1, 0.15) is 27.9 Å². The van der Waals surface area contributed by atoms with Crippen LogP contribution >= 0.6 is 15.9 Å². The van der Waals surface area contributed by atoms with Gasteiger partial charge in [0.05, 0.1) is 35.8 Å². The topological polar surface area (TPSA) is 61.9 Å². The number of rotatable bonds is 4. The van der Waals surface area contributed by atoms with Crippen LogP contribution in [-0.2, 0) is 26.2 Å². The molecule has 0 fully saturated rings. The monoisotopic (exact) mass is 420 g/mol. The number of aromatic nitrogens is 2. The van der Waals surface area contributed by atoms with Crippen molar-refractivity contribution in [2.45, 2.75) is 26.2 Å². The first-order chi connectivity index (χ1) is 13.1. The van der Waals surface area contributed by atoms with E-state index in [0.717, 1.165) is 26.9 Å². The molecule has 2 heterocycles. The number of fused-ring (bicyclic) bond motifs is 1. The van der Waals surface area contributed by atoms with E-state index in [4.69, 9.17) is 5.26 Å². The predicted molar refractivity (Wildman–Crippen MR) is 106 cm³/mol. The Morgan fingerprint density at radius 3 is 2.67 bits per heavy atom. The summed E-state index contributed by atoms with van der Waals surface area (Å²) in [5.74, 6) is 0. The average molecular weight is 421 g/mol. The summed E-state index contributed by atoms with van der Waals surface area (Å²) in [6, 6.07) is 17.7. The number of nitriles is 1. The van der Waals surface area contributed by atoms with Gasteiger partial charge in [-0.05, 0) is 35.4 Å². The normalized spacial score (nSPS) is 13.3. The zero-order valence-corrected chi connectivity index (χ0v) is 16.2. The van der Waals surface area contributed by atoms with Crippen LogP contribution in [0.4, 0.5) is 0 Å². The lowest BCUT2D eigenvalue weighted by molar-refractivity contribution is 0.273. The Bertz CT molecular complexity index is 1080. The van der Waals surface area contributed by atoms with Gasteiger partial charge in [-0.25, -0.2) is 4.98 Å². The molecule has 4 rings (SSSR count). The third kappa shape index (κ3) is 3.85. The van der Waals surface area contributed by atoms with E-state index in [0.29, 0.717) is 31.7 Å². The quantitative estimate of drug-likeness (QED) is 0.648. The zero-order chi connectivity index (χ0) is 18.8. The van der Waals surface area contributed by atoms with E-state index in [-0.39, 0.29) is 5.56 Å². The highest BCUT2D eigenvalue weighted by Gasteiger charge is 2.24. The van der Waals surface area contributed by atoms with Crippen molar-refractivity contribution < 1.29 is 0 Å². The van der Waals surface area contributed by atoms with E-state index in [2.05, 4.69) is 31.9 Å². The number of hydrogen-bond acceptors (Lipinski definition) is 4. The third-order valence-electron chi connectivity index (χ3n) is 4.70. The lowest BCUT2D eigenvalue weighted by Crippen LogP contribution is -2.25. The minimum absolute atomic E-state index is 0.0243. The lowest BCUT2D eigenvalue weighted by atomic mass is 10.1. The summed E-state index contributed by atoms with van der Waals surface area (Å²) in [7, 11) is 0. The molecule has 0 saturated heterocycles. The zero-order valence-electron chi connectivity index (χ0n) is 14.6. The largest absolute Gasteiger partial charge is 0.294 e. The molecule has 27 heavy (non-hydrogen) atoms. The van der Waals surface area contributed by atoms with Crippen LogP contribution in [0.25, 0.3) is 0 Å². The van der Waals surface area contributed by atoms with Crippen LogP contribution in [0.5, 0.6) is 0 Å². The summed E-state index contributed by atoms with van der Waals surface area (Å²) >= 11 is 3.42. The van der Waals surface area contributed by atoms with Crippen molar-refractivity contribution >= 4 is 15.9 Å². The van der Waals surface area contributed by atoms with E-state index in [9.17, 15) is 4.79 Å². The standard InChI is InChI=1S/C21H17BrN4O/c22-18-6-4-15(5-7-18)11-26-14-24-20-13-25(12-19(20)21(26)27)10-17-3-1-2-16(8-17)9-23/h1-8,14H,10-13H2. The molecule has 5 nitrogen and oxygen atoms in total. The van der Waals surface area contributed by atoms with Gasteiger partial charge in [0.15, 0.2) is 0 Å². The van der Waals surface area contributed by atoms with Crippen LogP contribution in [0.2, 0.25) is 0 Å². The van der Waals surface area contributed by atoms with Gasteiger partial charge in [-0.1, -0.05) is 40.2 Å². The summed E-state index contributed by atoms with van der Waals surface area (Å²) < 4.78 is 2.68. The highest BCUT2D eigenvalue weighted by atomic mass is 79.9. The molecule has 1 aromatic heterocycles. The van der Waals surface area contributed by atoms with Crippen molar-refractivity contribution in [2.24, 2.45) is 0 Å². The van der Waals surface area contributed by atoms with Gasteiger partial charge < -0.3 is 0 Å². The molecule has 1 aliphatic heterocycles. The summed E-state index contributed by atoms with van der Waals surface area (Å²) in [4.78, 5) is 19.6. The Morgan fingerprint density at radius 1 is 1.07 bits per heavy atom. The summed E-state index contributed by atoms with van der Waals surface area (Å²) in [6.45, 7) is 2.44. The molecule has 6 heteroatoms. The van der Waals surface area contributed by atoms with E-state index < -0.39 is 0 Å². The molecular formula is C21H17BrN4O. The SMILES string of the molecule is N#Cc1cccc(CN2Cc3ncn(Cc4ccc(Br)cc4)c(=O)c3C2)c1. The minimum Gasteiger partial charge on any atom is -0.294 e. The molecule has 0 radical (unpaired) electrons. The first kappa shape index (κ1) is 17.7. The maximum absolute atomic E-state index is 12.9. The molecule has 3 aromatic rings. The minimum atomic E-state index is 0.0243. The van der Waals surface area contributed by atoms with Crippen molar-refractivity contribution in [3.63, 3.8) is 0 Å². The summed E-state index contributed by atoms with van der Waals surface area (Å²) in [5.41, 5.74) is 4.42. The van der Waals surface area contributed by atoms with Gasteiger partial charge in [0.2, 0.25) is 0 Å². The van der Waals surface area contributed by atoms with Gasteiger partial charge in [-0.3, -0.25) is 14.3 Å². The average Bonchev–Trinajstić information content (AvgIpc) is 3.09. The fourth-order valence-electron chi connectivity index (χ4n) is 3.36. The lowest BCUT2D eigenvalue weighted by Gasteiger charge is -2.14. The van der Waals surface area contributed by atoms with Gasteiger partial charge in [-0.2, -0.15) is 5.26 Å². The van der Waals surface area contributed by atoms with Gasteiger partial charge in [0.1, 0.15) is 0 Å². The second-order valence-corrected chi connectivity index (χ2v) is 7.60. The Morgan fingerprint density at radius 2 is 1.89 bits per heavy atom. The van der Waals surface area contributed by atoms with E-state index in [1.165, 1.54) is 0 Å². The fourth-order valence-corrected chi connectivity index (χ4v) is 3.63. The van der Waals surface area contributed by atoms with Crippen LogP contribution in [0.15, 0.2) is 64.1 Å². The molecule has 0 unspecified atom stereocenters. The number of nitrogens with zero attached hydrogens (tertiary/aromatic N) is 4. The van der Waals surface area contributed by atoms with Crippen molar-refractivity contribution in [3.8, 4) is 6.07 Å². The van der Waals surface area contributed by atoms with Crippen molar-refractivity contribution in [3.05, 3.63) is 97.6 Å². The fraction of sp³-hybridized carbons (Fsp3) is 0.190. The Hall–Kier alpha value is -2.75. The van der Waals surface area contributed by atoms with Crippen LogP contribution in [0.3, 0.4) is 0 Å². The highest BCUT2D eigenvalue weighted by Crippen LogP contribution is 2.20. The van der Waals surface area contributed by atoms with E-state index in [1.54, 1.807) is 17.0 Å². The predicted octanol–water partition coefficient (Wildman–Crippen LogP) is 3.44. The molecule has 134 valence electrons. The molecule has 0 amide bonds. The maximum atomic E-state index is 12.9. The van der Waals surface area contributed by atoms with Gasteiger partial charge in [0.25, 0.3) is 5.56 Å². The van der Waals surface area contributed by atoms with E-state index >= 15 is 0 Å². The molecular weight excluding hydrogens is 404 g/mol. The number of benzene rings is 2. The Labute approximate surface area is 165 Å². The molecule has 0 aliphatic carbocycles. The van der Waals surface area contributed by atoms with E-state index in [1.807, 2.05) is 42.5 Å². The van der Waals surface area contributed by atoms with Crippen LogP contribution < -0.4 is 5.56 Å². The first-order valence-electron chi connectivity index (χ1n) is 8.65. The first-order valence-corrected chi connectivity index (χ1v) is 9.45. The van der Waals surface area contributed by atoms with Crippen LogP contribution in [-0.4, -0.2) is 14.5 Å². The van der Waals surface area contributed by atoms with Crippen molar-refractivity contribution in [2.75, 3.05) is 0 Å². The Kier molecular flexibility index (Phi) is 4.88. The molecule has 0 spiro atoms. The maximum Gasteiger partial charge on any atom is 0.258 e. The summed E-state index contributed by atoms with van der Waals surface area (Å²) in [5, 5.41) is 9.05. The highest BCUT2D eigenvalue weighted by molar-refractivity contribution is 9.10. The molecule has 0 atom stereocenters. The number of hydrogen-bond donors (Lipinski definition) is 0. The Balaban J connectivity index is 1.52. The molecule has 2 aromatic carbocycles. The van der Waals surface area contributed by atoms with Crippen molar-refractivity contribution in [1.29, 1.82) is 5.26 Å². The second-order valence-electron chi connectivity index (χ2n) is 6.69. The van der Waals surface area contributed by atoms with Crippen LogP contribution in [0, 0.1) is 11.3 Å². The molecule has 0 bridgehead atoms. The molecule has 0 N–H and O–H groups in total. The second kappa shape index (κ2) is 7.47. The van der Waals surface area contributed by atoms with Crippen molar-refractivity contribution in [1.82, 2.24) is 14.5 Å². The molecule has 0 saturated carbocycles. The van der Waals surface area contributed by atoms with Gasteiger partial charge in [-0.15, -0.1) is 0 Å². The third-order valence-corrected chi connectivity index (χ3v) is 5.23. The summed E-state index contributed by atoms with van der Waals surface area (Å²) in [6.07, 6.45) is 1.64. The van der Waals surface area contributed by atoms with Gasteiger partial charge in [0, 0.05) is 24.1 Å².